The van der Waals surface area contributed by atoms with E-state index < -0.39 is 11.1 Å². The Morgan fingerprint density at radius 1 is 1.27 bits per heavy atom. The maximum absolute atomic E-state index is 12.5. The lowest BCUT2D eigenvalue weighted by Gasteiger charge is -2.22. The van der Waals surface area contributed by atoms with Gasteiger partial charge in [0.15, 0.2) is 5.76 Å². The van der Waals surface area contributed by atoms with Crippen molar-refractivity contribution in [1.29, 1.82) is 0 Å². The Kier molecular flexibility index (Phi) is 3.26. The Balaban J connectivity index is 1.40. The number of aromatic nitrogens is 3. The number of nitrogens with zero attached hydrogens (tertiary/aromatic N) is 4. The average molecular weight is 356 g/mol. The third-order valence-electron chi connectivity index (χ3n) is 5.82. The van der Waals surface area contributed by atoms with Gasteiger partial charge >= 0.3 is 11.1 Å². The highest BCUT2D eigenvalue weighted by molar-refractivity contribution is 5.91. The molecule has 4 heterocycles. The molecule has 1 saturated carbocycles. The monoisotopic (exact) mass is 356 g/mol. The van der Waals surface area contributed by atoms with E-state index >= 15 is 0 Å². The molecule has 2 aliphatic heterocycles. The number of hydrogen-bond acceptors (Lipinski definition) is 5. The van der Waals surface area contributed by atoms with Gasteiger partial charge in [0, 0.05) is 38.0 Å². The van der Waals surface area contributed by atoms with Crippen LogP contribution in [0.3, 0.4) is 0 Å². The molecule has 136 valence electrons. The fourth-order valence-electron chi connectivity index (χ4n) is 4.21. The number of furan rings is 1. The summed E-state index contributed by atoms with van der Waals surface area (Å²) < 4.78 is 8.08. The Labute approximate surface area is 149 Å². The molecule has 3 aliphatic rings. The molecule has 0 aromatic carbocycles. The summed E-state index contributed by atoms with van der Waals surface area (Å²) in [6.45, 7) is 2.16. The van der Waals surface area contributed by atoms with E-state index in [1.54, 1.807) is 17.0 Å². The molecule has 8 nitrogen and oxygen atoms in total. The first kappa shape index (κ1) is 15.6. The average Bonchev–Trinajstić information content (AvgIpc) is 3.06. The van der Waals surface area contributed by atoms with E-state index in [1.165, 1.54) is 15.5 Å². The van der Waals surface area contributed by atoms with Crippen LogP contribution in [0.5, 0.6) is 0 Å². The van der Waals surface area contributed by atoms with E-state index in [-0.39, 0.29) is 11.3 Å². The number of likely N-dealkylation sites (tertiary alicyclic amines) is 1. The number of carbonyl (C=O) groups excluding carboxylic acids is 1. The Bertz CT molecular complexity index is 986. The largest absolute Gasteiger partial charge is 0.459 e. The van der Waals surface area contributed by atoms with Crippen molar-refractivity contribution in [1.82, 2.24) is 19.2 Å². The predicted octanol–water partition coefficient (Wildman–Crippen LogP) is 0.497. The summed E-state index contributed by atoms with van der Waals surface area (Å²) in [5.74, 6) is 1.35. The van der Waals surface area contributed by atoms with Crippen LogP contribution in [-0.2, 0) is 19.5 Å². The molecule has 0 bridgehead atoms. The van der Waals surface area contributed by atoms with Crippen molar-refractivity contribution in [3.63, 3.8) is 0 Å². The molecule has 0 radical (unpaired) electrons. The van der Waals surface area contributed by atoms with Crippen LogP contribution in [0.25, 0.3) is 0 Å². The lowest BCUT2D eigenvalue weighted by molar-refractivity contribution is 0.0740. The van der Waals surface area contributed by atoms with E-state index in [0.29, 0.717) is 50.1 Å². The van der Waals surface area contributed by atoms with Crippen molar-refractivity contribution in [3.05, 3.63) is 50.7 Å². The molecule has 8 heteroatoms. The number of hydrogen-bond donors (Lipinski definition) is 0. The van der Waals surface area contributed by atoms with E-state index in [9.17, 15) is 14.4 Å². The lowest BCUT2D eigenvalue weighted by Crippen LogP contribution is -2.43. The van der Waals surface area contributed by atoms with Crippen LogP contribution in [-0.4, -0.2) is 38.2 Å². The standard InChI is InChI=1S/C18H20N4O4/c23-15(13-2-1-7-26-13)20-6-5-18(10-20)8-14-19-22(9-12-3-4-12)17(25)16(24)21(14)11-18/h1-2,7,12H,3-6,8-11H2. The van der Waals surface area contributed by atoms with Crippen molar-refractivity contribution < 1.29 is 9.21 Å². The molecule has 2 aromatic rings. The summed E-state index contributed by atoms with van der Waals surface area (Å²) in [5, 5.41) is 4.48. The molecule has 1 saturated heterocycles. The summed E-state index contributed by atoms with van der Waals surface area (Å²) in [4.78, 5) is 39.1. The highest BCUT2D eigenvalue weighted by Crippen LogP contribution is 2.39. The minimum absolute atomic E-state index is 0.128. The molecule has 1 unspecified atom stereocenters. The smallest absolute Gasteiger partial charge is 0.332 e. The number of amides is 1. The number of rotatable bonds is 3. The molecule has 0 N–H and O–H groups in total. The van der Waals surface area contributed by atoms with Crippen LogP contribution < -0.4 is 11.1 Å². The second-order valence-corrected chi connectivity index (χ2v) is 7.87. The van der Waals surface area contributed by atoms with Crippen molar-refractivity contribution in [3.8, 4) is 0 Å². The van der Waals surface area contributed by atoms with Gasteiger partial charge in [0.25, 0.3) is 5.91 Å². The summed E-state index contributed by atoms with van der Waals surface area (Å²) in [7, 11) is 0. The van der Waals surface area contributed by atoms with Crippen LogP contribution in [0.2, 0.25) is 0 Å². The van der Waals surface area contributed by atoms with Crippen LogP contribution in [0.4, 0.5) is 0 Å². The lowest BCUT2D eigenvalue weighted by atomic mass is 9.86. The molecule has 1 atom stereocenters. The molecule has 1 spiro atoms. The number of fused-ring (bicyclic) bond motifs is 1. The SMILES string of the molecule is O=C(c1ccco1)N1CCC2(Cc3nn(CC4CC4)c(=O)c(=O)n3C2)C1. The maximum atomic E-state index is 12.5. The molecule has 2 aromatic heterocycles. The molecule has 2 fully saturated rings. The van der Waals surface area contributed by atoms with Crippen molar-refractivity contribution >= 4 is 5.91 Å². The van der Waals surface area contributed by atoms with Gasteiger partial charge in [-0.05, 0) is 37.3 Å². The molecule has 1 aliphatic carbocycles. The van der Waals surface area contributed by atoms with Gasteiger partial charge in [-0.25, -0.2) is 4.68 Å². The minimum Gasteiger partial charge on any atom is -0.459 e. The minimum atomic E-state index is -0.529. The van der Waals surface area contributed by atoms with Crippen LogP contribution in [0.15, 0.2) is 32.4 Å². The zero-order valence-electron chi connectivity index (χ0n) is 14.4. The van der Waals surface area contributed by atoms with Gasteiger partial charge in [0.05, 0.1) is 6.26 Å². The molecule has 26 heavy (non-hydrogen) atoms. The van der Waals surface area contributed by atoms with E-state index in [2.05, 4.69) is 5.10 Å². The van der Waals surface area contributed by atoms with Gasteiger partial charge in [-0.3, -0.25) is 19.0 Å². The predicted molar refractivity (Wildman–Crippen MR) is 90.8 cm³/mol. The van der Waals surface area contributed by atoms with Crippen LogP contribution in [0, 0.1) is 11.3 Å². The maximum Gasteiger partial charge on any atom is 0.332 e. The van der Waals surface area contributed by atoms with E-state index in [1.807, 2.05) is 0 Å². The molecular formula is C18H20N4O4. The Hall–Kier alpha value is -2.64. The summed E-state index contributed by atoms with van der Waals surface area (Å²) in [6, 6.07) is 3.36. The highest BCUT2D eigenvalue weighted by atomic mass is 16.3. The first-order chi connectivity index (χ1) is 12.5. The van der Waals surface area contributed by atoms with Gasteiger partial charge in [-0.2, -0.15) is 5.10 Å². The van der Waals surface area contributed by atoms with Gasteiger partial charge < -0.3 is 9.32 Å². The van der Waals surface area contributed by atoms with Crippen molar-refractivity contribution in [2.24, 2.45) is 11.3 Å². The molecule has 5 rings (SSSR count). The first-order valence-electron chi connectivity index (χ1n) is 9.08. The second kappa shape index (κ2) is 5.43. The van der Waals surface area contributed by atoms with Gasteiger partial charge in [-0.1, -0.05) is 0 Å². The molecular weight excluding hydrogens is 336 g/mol. The Morgan fingerprint density at radius 2 is 2.12 bits per heavy atom. The summed E-state index contributed by atoms with van der Waals surface area (Å²) in [5.41, 5.74) is -1.23. The van der Waals surface area contributed by atoms with Crippen LogP contribution >= 0.6 is 0 Å². The van der Waals surface area contributed by atoms with Crippen LogP contribution in [0.1, 0.15) is 35.6 Å². The van der Waals surface area contributed by atoms with E-state index in [4.69, 9.17) is 4.42 Å². The number of carbonyl (C=O) groups is 1. The second-order valence-electron chi connectivity index (χ2n) is 7.87. The zero-order chi connectivity index (χ0) is 17.9. The molecule has 1 amide bonds. The van der Waals surface area contributed by atoms with Gasteiger partial charge in [-0.15, -0.1) is 0 Å². The normalized spacial score (nSPS) is 24.4. The summed E-state index contributed by atoms with van der Waals surface area (Å²) in [6.07, 6.45) is 5.09. The first-order valence-corrected chi connectivity index (χ1v) is 9.08. The van der Waals surface area contributed by atoms with Gasteiger partial charge in [0.2, 0.25) is 0 Å². The zero-order valence-corrected chi connectivity index (χ0v) is 14.4. The van der Waals surface area contributed by atoms with Crippen molar-refractivity contribution in [2.45, 2.75) is 38.8 Å². The topological polar surface area (TPSA) is 90.3 Å². The third kappa shape index (κ3) is 2.43. The van der Waals surface area contributed by atoms with Gasteiger partial charge in [0.1, 0.15) is 5.82 Å². The Morgan fingerprint density at radius 3 is 2.85 bits per heavy atom. The quantitative estimate of drug-likeness (QED) is 0.747. The highest BCUT2D eigenvalue weighted by Gasteiger charge is 2.46. The van der Waals surface area contributed by atoms with Crippen molar-refractivity contribution in [2.75, 3.05) is 13.1 Å². The fraction of sp³-hybridized carbons (Fsp3) is 0.556. The summed E-state index contributed by atoms with van der Waals surface area (Å²) >= 11 is 0. The third-order valence-corrected chi connectivity index (χ3v) is 5.82. The van der Waals surface area contributed by atoms with E-state index in [0.717, 1.165) is 19.3 Å². The fourth-order valence-corrected chi connectivity index (χ4v) is 4.21.